The molecule has 2 heteroatoms. The van der Waals surface area contributed by atoms with Gasteiger partial charge < -0.3 is 9.47 Å². The van der Waals surface area contributed by atoms with Crippen molar-refractivity contribution >= 4 is 0 Å². The molecule has 0 bridgehead atoms. The molecule has 0 radical (unpaired) electrons. The molecule has 2 aliphatic rings. The zero-order valence-corrected chi connectivity index (χ0v) is 9.03. The molecule has 1 saturated carbocycles. The van der Waals surface area contributed by atoms with Gasteiger partial charge in [-0.25, -0.2) is 0 Å². The summed E-state index contributed by atoms with van der Waals surface area (Å²) < 4.78 is 11.1. The quantitative estimate of drug-likeness (QED) is 0.703. The van der Waals surface area contributed by atoms with Crippen molar-refractivity contribution in [3.8, 4) is 5.75 Å². The van der Waals surface area contributed by atoms with Gasteiger partial charge in [-0.05, 0) is 37.3 Å². The van der Waals surface area contributed by atoms with E-state index in [1.54, 1.807) is 0 Å². The Balaban J connectivity index is 1.72. The zero-order valence-electron chi connectivity index (χ0n) is 9.03. The van der Waals surface area contributed by atoms with Gasteiger partial charge in [0.25, 0.3) is 0 Å². The Morgan fingerprint density at radius 1 is 1.40 bits per heavy atom. The number of hydrogen-bond donors (Lipinski definition) is 0. The monoisotopic (exact) mass is 204 g/mol. The van der Waals surface area contributed by atoms with E-state index in [4.69, 9.17) is 9.47 Å². The molecule has 2 nitrogen and oxygen atoms in total. The number of rotatable bonds is 4. The van der Waals surface area contributed by atoms with E-state index in [2.05, 4.69) is 25.1 Å². The summed E-state index contributed by atoms with van der Waals surface area (Å²) in [5.41, 5.74) is 1.36. The van der Waals surface area contributed by atoms with Crippen LogP contribution in [-0.2, 0) is 4.74 Å². The lowest BCUT2D eigenvalue weighted by Crippen LogP contribution is -2.17. The maximum Gasteiger partial charge on any atom is 0.123 e. The highest BCUT2D eigenvalue weighted by Gasteiger charge is 2.40. The fraction of sp³-hybridized carbons (Fsp3) is 0.538. The van der Waals surface area contributed by atoms with Crippen LogP contribution >= 0.6 is 0 Å². The van der Waals surface area contributed by atoms with Crippen LogP contribution in [0.4, 0.5) is 0 Å². The summed E-state index contributed by atoms with van der Waals surface area (Å²) in [6.45, 7) is 3.60. The molecule has 1 aliphatic heterocycles. The van der Waals surface area contributed by atoms with Gasteiger partial charge in [0.1, 0.15) is 18.0 Å². The second-order valence-electron chi connectivity index (χ2n) is 4.84. The third-order valence-corrected chi connectivity index (χ3v) is 3.11. The van der Waals surface area contributed by atoms with Crippen LogP contribution in [0, 0.1) is 0 Å². The summed E-state index contributed by atoms with van der Waals surface area (Å²) in [6.07, 6.45) is 2.63. The summed E-state index contributed by atoms with van der Waals surface area (Å²) in [7, 11) is 0. The maximum absolute atomic E-state index is 5.84. The Hall–Kier alpha value is -1.02. The number of hydrogen-bond acceptors (Lipinski definition) is 2. The molecule has 0 unspecified atom stereocenters. The van der Waals surface area contributed by atoms with Crippen LogP contribution in [0.5, 0.6) is 5.75 Å². The number of para-hydroxylation sites is 1. The Bertz CT molecular complexity index is 365. The van der Waals surface area contributed by atoms with Crippen LogP contribution in [-0.4, -0.2) is 18.8 Å². The Kier molecular flexibility index (Phi) is 1.99. The smallest absolute Gasteiger partial charge is 0.123 e. The second kappa shape index (κ2) is 3.24. The first-order valence-electron chi connectivity index (χ1n) is 5.63. The zero-order chi connectivity index (χ0) is 10.3. The molecule has 1 atom stereocenters. The van der Waals surface area contributed by atoms with Crippen molar-refractivity contribution in [3.05, 3.63) is 29.8 Å². The predicted octanol–water partition coefficient (Wildman–Crippen LogP) is 2.73. The average molecular weight is 204 g/mol. The SMILES string of the molecule is C[C@@]1(COc2ccccc2C2CC2)CO1. The highest BCUT2D eigenvalue weighted by Crippen LogP contribution is 2.44. The molecule has 1 aromatic carbocycles. The van der Waals surface area contributed by atoms with E-state index in [1.165, 1.54) is 18.4 Å². The number of epoxide rings is 1. The topological polar surface area (TPSA) is 21.8 Å². The largest absolute Gasteiger partial charge is 0.490 e. The normalized spacial score (nSPS) is 28.9. The minimum absolute atomic E-state index is 0.0172. The van der Waals surface area contributed by atoms with Gasteiger partial charge in [0.2, 0.25) is 0 Å². The molecule has 1 saturated heterocycles. The average Bonchev–Trinajstić information content (AvgIpc) is 3.11. The third-order valence-electron chi connectivity index (χ3n) is 3.11. The van der Waals surface area contributed by atoms with Crippen LogP contribution < -0.4 is 4.74 Å². The van der Waals surface area contributed by atoms with Gasteiger partial charge in [-0.1, -0.05) is 18.2 Å². The van der Waals surface area contributed by atoms with E-state index in [-0.39, 0.29) is 5.60 Å². The fourth-order valence-corrected chi connectivity index (χ4v) is 1.78. The molecule has 1 aliphatic carbocycles. The molecule has 0 spiro atoms. The molecule has 1 aromatic rings. The Morgan fingerprint density at radius 2 is 2.13 bits per heavy atom. The highest BCUT2D eigenvalue weighted by atomic mass is 16.6. The summed E-state index contributed by atoms with van der Waals surface area (Å²) in [4.78, 5) is 0. The molecule has 3 rings (SSSR count). The van der Waals surface area contributed by atoms with Crippen LogP contribution in [0.3, 0.4) is 0 Å². The van der Waals surface area contributed by atoms with E-state index in [0.717, 1.165) is 18.3 Å². The maximum atomic E-state index is 5.84. The van der Waals surface area contributed by atoms with Gasteiger partial charge >= 0.3 is 0 Å². The van der Waals surface area contributed by atoms with Crippen molar-refractivity contribution < 1.29 is 9.47 Å². The molecular formula is C13H16O2. The van der Waals surface area contributed by atoms with Crippen LogP contribution in [0.2, 0.25) is 0 Å². The lowest BCUT2D eigenvalue weighted by atomic mass is 10.1. The van der Waals surface area contributed by atoms with Gasteiger partial charge in [0, 0.05) is 0 Å². The van der Waals surface area contributed by atoms with E-state index >= 15 is 0 Å². The summed E-state index contributed by atoms with van der Waals surface area (Å²) in [6, 6.07) is 8.38. The molecule has 0 amide bonds. The van der Waals surface area contributed by atoms with Crippen molar-refractivity contribution in [2.24, 2.45) is 0 Å². The van der Waals surface area contributed by atoms with Gasteiger partial charge in [-0.2, -0.15) is 0 Å². The molecule has 1 heterocycles. The van der Waals surface area contributed by atoms with Gasteiger partial charge in [0.15, 0.2) is 0 Å². The lowest BCUT2D eigenvalue weighted by Gasteiger charge is -2.12. The molecule has 2 fully saturated rings. The molecule has 80 valence electrons. The van der Waals surface area contributed by atoms with Crippen molar-refractivity contribution in [2.75, 3.05) is 13.2 Å². The first kappa shape index (κ1) is 9.22. The van der Waals surface area contributed by atoms with Crippen LogP contribution in [0.15, 0.2) is 24.3 Å². The summed E-state index contributed by atoms with van der Waals surface area (Å²) in [5.74, 6) is 1.80. The molecular weight excluding hydrogens is 188 g/mol. The second-order valence-corrected chi connectivity index (χ2v) is 4.84. The lowest BCUT2D eigenvalue weighted by molar-refractivity contribution is 0.201. The van der Waals surface area contributed by atoms with Crippen molar-refractivity contribution in [1.29, 1.82) is 0 Å². The fourth-order valence-electron chi connectivity index (χ4n) is 1.78. The van der Waals surface area contributed by atoms with Crippen molar-refractivity contribution in [1.82, 2.24) is 0 Å². The predicted molar refractivity (Wildman–Crippen MR) is 58.3 cm³/mol. The van der Waals surface area contributed by atoms with Crippen molar-refractivity contribution in [3.63, 3.8) is 0 Å². The molecule has 0 N–H and O–H groups in total. The van der Waals surface area contributed by atoms with E-state index in [0.29, 0.717) is 6.61 Å². The first-order chi connectivity index (χ1) is 7.27. The van der Waals surface area contributed by atoms with Crippen LogP contribution in [0.1, 0.15) is 31.2 Å². The van der Waals surface area contributed by atoms with E-state index in [9.17, 15) is 0 Å². The third kappa shape index (κ3) is 2.00. The van der Waals surface area contributed by atoms with Gasteiger partial charge in [0.05, 0.1) is 6.61 Å². The van der Waals surface area contributed by atoms with Gasteiger partial charge in [-0.3, -0.25) is 0 Å². The standard InChI is InChI=1S/C13H16O2/c1-13(9-15-13)8-14-12-5-3-2-4-11(12)10-6-7-10/h2-5,10H,6-9H2,1H3/t13-/m1/s1. The minimum atomic E-state index is -0.0172. The van der Waals surface area contributed by atoms with E-state index in [1.807, 2.05) is 6.07 Å². The molecule has 0 aromatic heterocycles. The summed E-state index contributed by atoms with van der Waals surface area (Å²) in [5, 5.41) is 0. The van der Waals surface area contributed by atoms with Crippen molar-refractivity contribution in [2.45, 2.75) is 31.3 Å². The summed E-state index contributed by atoms with van der Waals surface area (Å²) >= 11 is 0. The van der Waals surface area contributed by atoms with Crippen LogP contribution in [0.25, 0.3) is 0 Å². The Labute approximate surface area is 90.2 Å². The van der Waals surface area contributed by atoms with Gasteiger partial charge in [-0.15, -0.1) is 0 Å². The van der Waals surface area contributed by atoms with E-state index < -0.39 is 0 Å². The number of benzene rings is 1. The molecule has 15 heavy (non-hydrogen) atoms. The Morgan fingerprint density at radius 3 is 2.80 bits per heavy atom. The first-order valence-corrected chi connectivity index (χ1v) is 5.63. The highest BCUT2D eigenvalue weighted by molar-refractivity contribution is 5.38. The minimum Gasteiger partial charge on any atom is -0.490 e. The number of ether oxygens (including phenoxy) is 2.